The van der Waals surface area contributed by atoms with Gasteiger partial charge < -0.3 is 0 Å². The molecule has 94 valence electrons. The van der Waals surface area contributed by atoms with Crippen molar-refractivity contribution < 1.29 is 4.79 Å². The standard InChI is InChI=1S/C15H21ClO/c1-3-10(2)14-5-11-4-12(6-14)8-15(7-11,9-14)13(16)17/h3,11-12H,4-9H2,1-2H3. The fraction of sp³-hybridized carbons (Fsp3) is 0.800. The third-order valence-electron chi connectivity index (χ3n) is 5.75. The molecule has 2 heteroatoms. The average molecular weight is 253 g/mol. The van der Waals surface area contributed by atoms with E-state index in [-0.39, 0.29) is 10.7 Å². The van der Waals surface area contributed by atoms with Crippen molar-refractivity contribution in [3.8, 4) is 0 Å². The Morgan fingerprint density at radius 1 is 1.18 bits per heavy atom. The molecule has 0 amide bonds. The Hall–Kier alpha value is -0.300. The Balaban J connectivity index is 2.03. The van der Waals surface area contributed by atoms with Gasteiger partial charge in [-0.05, 0) is 81.2 Å². The van der Waals surface area contributed by atoms with Gasteiger partial charge >= 0.3 is 0 Å². The molecule has 2 unspecified atom stereocenters. The predicted molar refractivity (Wildman–Crippen MR) is 69.8 cm³/mol. The van der Waals surface area contributed by atoms with Crippen LogP contribution in [-0.4, -0.2) is 5.24 Å². The Morgan fingerprint density at radius 2 is 1.71 bits per heavy atom. The maximum atomic E-state index is 11.9. The van der Waals surface area contributed by atoms with Crippen molar-refractivity contribution in [3.63, 3.8) is 0 Å². The summed E-state index contributed by atoms with van der Waals surface area (Å²) in [4.78, 5) is 11.9. The summed E-state index contributed by atoms with van der Waals surface area (Å²) < 4.78 is 0. The van der Waals surface area contributed by atoms with Crippen molar-refractivity contribution in [2.45, 2.75) is 52.4 Å². The van der Waals surface area contributed by atoms with Gasteiger partial charge in [-0.2, -0.15) is 0 Å². The highest BCUT2D eigenvalue weighted by Crippen LogP contribution is 2.67. The molecule has 0 saturated heterocycles. The number of carbonyl (C=O) groups excluding carboxylic acids is 1. The molecular formula is C15H21ClO. The summed E-state index contributed by atoms with van der Waals surface area (Å²) in [6, 6.07) is 0. The van der Waals surface area contributed by atoms with Crippen LogP contribution in [-0.2, 0) is 4.79 Å². The number of carbonyl (C=O) groups is 1. The molecule has 0 aromatic heterocycles. The lowest BCUT2D eigenvalue weighted by molar-refractivity contribution is -0.142. The Bertz CT molecular complexity index is 382. The largest absolute Gasteiger partial charge is 0.281 e. The Labute approximate surface area is 109 Å². The molecule has 4 aliphatic carbocycles. The molecule has 0 aromatic carbocycles. The lowest BCUT2D eigenvalue weighted by Crippen LogP contribution is -2.54. The van der Waals surface area contributed by atoms with Crippen LogP contribution < -0.4 is 0 Å². The van der Waals surface area contributed by atoms with E-state index >= 15 is 0 Å². The Morgan fingerprint density at radius 3 is 2.18 bits per heavy atom. The fourth-order valence-corrected chi connectivity index (χ4v) is 5.48. The van der Waals surface area contributed by atoms with E-state index in [2.05, 4.69) is 19.9 Å². The van der Waals surface area contributed by atoms with Crippen LogP contribution in [0.3, 0.4) is 0 Å². The monoisotopic (exact) mass is 252 g/mol. The smallest absolute Gasteiger partial charge is 0.227 e. The maximum Gasteiger partial charge on any atom is 0.227 e. The maximum absolute atomic E-state index is 11.9. The molecule has 0 N–H and O–H groups in total. The van der Waals surface area contributed by atoms with Crippen LogP contribution >= 0.6 is 11.6 Å². The van der Waals surface area contributed by atoms with Crippen LogP contribution in [0.1, 0.15) is 52.4 Å². The molecule has 0 aromatic rings. The van der Waals surface area contributed by atoms with Gasteiger partial charge in [-0.1, -0.05) is 11.6 Å². The fourth-order valence-electron chi connectivity index (χ4n) is 5.26. The van der Waals surface area contributed by atoms with Gasteiger partial charge in [-0.15, -0.1) is 0 Å². The lowest BCUT2D eigenvalue weighted by atomic mass is 9.43. The van der Waals surface area contributed by atoms with E-state index in [1.165, 1.54) is 24.8 Å². The van der Waals surface area contributed by atoms with Crippen molar-refractivity contribution in [2.75, 3.05) is 0 Å². The van der Waals surface area contributed by atoms with E-state index in [4.69, 9.17) is 11.6 Å². The zero-order chi connectivity index (χ0) is 12.3. The number of hydrogen-bond acceptors (Lipinski definition) is 1. The van der Waals surface area contributed by atoms with Crippen molar-refractivity contribution in [1.82, 2.24) is 0 Å². The van der Waals surface area contributed by atoms with E-state index in [0.717, 1.165) is 31.1 Å². The summed E-state index contributed by atoms with van der Waals surface area (Å²) in [5.41, 5.74) is 1.63. The molecule has 4 rings (SSSR count). The van der Waals surface area contributed by atoms with Gasteiger partial charge in [-0.3, -0.25) is 4.79 Å². The molecule has 0 aliphatic heterocycles. The minimum absolute atomic E-state index is 0.0557. The summed E-state index contributed by atoms with van der Waals surface area (Å²) in [6.07, 6.45) is 9.32. The topological polar surface area (TPSA) is 17.1 Å². The first-order chi connectivity index (χ1) is 8.00. The van der Waals surface area contributed by atoms with Gasteiger partial charge in [0.1, 0.15) is 0 Å². The van der Waals surface area contributed by atoms with Gasteiger partial charge in [0.05, 0.1) is 0 Å². The minimum atomic E-state index is -0.171. The second kappa shape index (κ2) is 3.60. The van der Waals surface area contributed by atoms with Crippen LogP contribution in [0.4, 0.5) is 0 Å². The zero-order valence-electron chi connectivity index (χ0n) is 10.8. The quantitative estimate of drug-likeness (QED) is 0.529. The van der Waals surface area contributed by atoms with Crippen LogP contribution in [0.2, 0.25) is 0 Å². The van der Waals surface area contributed by atoms with Gasteiger partial charge in [0.15, 0.2) is 0 Å². The van der Waals surface area contributed by atoms with E-state index in [1.807, 2.05) is 0 Å². The first-order valence-corrected chi connectivity index (χ1v) is 7.21. The number of halogens is 1. The van der Waals surface area contributed by atoms with Crippen molar-refractivity contribution in [3.05, 3.63) is 11.6 Å². The normalized spacial score (nSPS) is 48.5. The average Bonchev–Trinajstić information content (AvgIpc) is 2.26. The predicted octanol–water partition coefficient (Wildman–Crippen LogP) is 4.30. The number of allylic oxidation sites excluding steroid dienone is 2. The minimum Gasteiger partial charge on any atom is -0.281 e. The molecule has 4 saturated carbocycles. The van der Waals surface area contributed by atoms with Crippen molar-refractivity contribution >= 4 is 16.8 Å². The summed E-state index contributed by atoms with van der Waals surface area (Å²) >= 11 is 5.95. The molecule has 0 radical (unpaired) electrons. The van der Waals surface area contributed by atoms with E-state index < -0.39 is 0 Å². The zero-order valence-corrected chi connectivity index (χ0v) is 11.5. The first-order valence-electron chi connectivity index (χ1n) is 6.83. The van der Waals surface area contributed by atoms with Crippen molar-refractivity contribution in [2.24, 2.45) is 22.7 Å². The summed E-state index contributed by atoms with van der Waals surface area (Å²) in [5, 5.41) is -0.0557. The molecule has 2 atom stereocenters. The molecule has 17 heavy (non-hydrogen) atoms. The summed E-state index contributed by atoms with van der Waals surface area (Å²) in [5.74, 6) is 1.49. The highest BCUT2D eigenvalue weighted by molar-refractivity contribution is 6.64. The van der Waals surface area contributed by atoms with Crippen LogP contribution in [0, 0.1) is 22.7 Å². The molecular weight excluding hydrogens is 232 g/mol. The highest BCUT2D eigenvalue weighted by Gasteiger charge is 2.60. The molecule has 1 nitrogen and oxygen atoms in total. The second-order valence-electron chi connectivity index (χ2n) is 6.77. The molecule has 4 fully saturated rings. The molecule has 0 heterocycles. The van der Waals surface area contributed by atoms with Gasteiger partial charge in [-0.25, -0.2) is 0 Å². The van der Waals surface area contributed by atoms with Gasteiger partial charge in [0.25, 0.3) is 0 Å². The van der Waals surface area contributed by atoms with Crippen LogP contribution in [0.15, 0.2) is 11.6 Å². The summed E-state index contributed by atoms with van der Waals surface area (Å²) in [6.45, 7) is 4.38. The highest BCUT2D eigenvalue weighted by atomic mass is 35.5. The molecule has 0 spiro atoms. The van der Waals surface area contributed by atoms with E-state index in [1.54, 1.807) is 0 Å². The molecule has 4 aliphatic rings. The third kappa shape index (κ3) is 1.54. The number of rotatable bonds is 2. The number of hydrogen-bond donors (Lipinski definition) is 0. The van der Waals surface area contributed by atoms with E-state index in [0.29, 0.717) is 5.41 Å². The summed E-state index contributed by atoms with van der Waals surface area (Å²) in [7, 11) is 0. The SMILES string of the molecule is CC=C(C)C12CC3CC(CC(C(=O)Cl)(C3)C1)C2. The van der Waals surface area contributed by atoms with Gasteiger partial charge in [0, 0.05) is 5.41 Å². The lowest BCUT2D eigenvalue weighted by Gasteiger charge is -2.61. The van der Waals surface area contributed by atoms with Gasteiger partial charge in [0.2, 0.25) is 5.24 Å². The van der Waals surface area contributed by atoms with Crippen LogP contribution in [0.5, 0.6) is 0 Å². The molecule has 4 bridgehead atoms. The first kappa shape index (κ1) is 11.8. The van der Waals surface area contributed by atoms with E-state index in [9.17, 15) is 4.79 Å². The second-order valence-corrected chi connectivity index (χ2v) is 7.11. The third-order valence-corrected chi connectivity index (χ3v) is 6.15. The van der Waals surface area contributed by atoms with Crippen molar-refractivity contribution in [1.29, 1.82) is 0 Å². The van der Waals surface area contributed by atoms with Crippen LogP contribution in [0.25, 0.3) is 0 Å². The Kier molecular flexibility index (Phi) is 2.49.